The summed E-state index contributed by atoms with van der Waals surface area (Å²) in [6, 6.07) is 7.90. The van der Waals surface area contributed by atoms with Crippen LogP contribution in [0.4, 0.5) is 0 Å². The van der Waals surface area contributed by atoms with Gasteiger partial charge in [-0.3, -0.25) is 0 Å². The zero-order valence-electron chi connectivity index (χ0n) is 14.2. The minimum absolute atomic E-state index is 0.197. The number of phenols is 1. The molecule has 0 aromatic heterocycles. The standard InChI is InChI=1S/C20H31NO/c1-16-15-21(12-10-17-6-3-4-7-17)13-11-20(16,2)18-8-5-9-19(22)14-18/h5,8-9,14,16-17,22H,3-4,6-7,10-13,15H2,1-2H3/t16-,20-/m0/s1. The third kappa shape index (κ3) is 3.32. The number of likely N-dealkylation sites (tertiary alicyclic amines) is 1. The van der Waals surface area contributed by atoms with Gasteiger partial charge in [0, 0.05) is 6.54 Å². The highest BCUT2D eigenvalue weighted by Crippen LogP contribution is 2.40. The Balaban J connectivity index is 1.59. The molecule has 1 N–H and O–H groups in total. The van der Waals surface area contributed by atoms with Crippen LogP contribution in [0.15, 0.2) is 24.3 Å². The zero-order chi connectivity index (χ0) is 15.6. The number of hydrogen-bond acceptors (Lipinski definition) is 2. The van der Waals surface area contributed by atoms with E-state index < -0.39 is 0 Å². The summed E-state index contributed by atoms with van der Waals surface area (Å²) < 4.78 is 0. The van der Waals surface area contributed by atoms with E-state index in [0.29, 0.717) is 11.7 Å². The summed E-state index contributed by atoms with van der Waals surface area (Å²) in [5, 5.41) is 9.79. The first-order valence-electron chi connectivity index (χ1n) is 9.10. The average molecular weight is 301 g/mol. The Bertz CT molecular complexity index is 494. The maximum absolute atomic E-state index is 9.79. The maximum atomic E-state index is 9.79. The van der Waals surface area contributed by atoms with E-state index in [4.69, 9.17) is 0 Å². The van der Waals surface area contributed by atoms with Crippen molar-refractivity contribution in [3.8, 4) is 5.75 Å². The van der Waals surface area contributed by atoms with Crippen LogP contribution in [0.25, 0.3) is 0 Å². The molecule has 2 fully saturated rings. The average Bonchev–Trinajstić information content (AvgIpc) is 3.02. The number of nitrogens with zero attached hydrogens (tertiary/aromatic N) is 1. The predicted molar refractivity (Wildman–Crippen MR) is 92.3 cm³/mol. The number of hydrogen-bond donors (Lipinski definition) is 1. The van der Waals surface area contributed by atoms with Gasteiger partial charge in [0.25, 0.3) is 0 Å². The predicted octanol–water partition coefficient (Wildman–Crippen LogP) is 4.57. The third-order valence-electron chi connectivity index (χ3n) is 6.40. The first-order valence-corrected chi connectivity index (χ1v) is 9.10. The Morgan fingerprint density at radius 1 is 1.27 bits per heavy atom. The summed E-state index contributed by atoms with van der Waals surface area (Å²) in [5.74, 6) is 2.02. The van der Waals surface area contributed by atoms with Gasteiger partial charge >= 0.3 is 0 Å². The number of piperidine rings is 1. The fourth-order valence-electron chi connectivity index (χ4n) is 4.47. The van der Waals surface area contributed by atoms with Crippen LogP contribution in [-0.4, -0.2) is 29.6 Å². The lowest BCUT2D eigenvalue weighted by Gasteiger charge is -2.45. The zero-order valence-corrected chi connectivity index (χ0v) is 14.2. The van der Waals surface area contributed by atoms with Crippen LogP contribution in [0, 0.1) is 11.8 Å². The van der Waals surface area contributed by atoms with Crippen molar-refractivity contribution < 1.29 is 5.11 Å². The molecule has 2 nitrogen and oxygen atoms in total. The number of benzene rings is 1. The first kappa shape index (κ1) is 15.9. The van der Waals surface area contributed by atoms with Crippen LogP contribution in [0.1, 0.15) is 57.9 Å². The van der Waals surface area contributed by atoms with Gasteiger partial charge in [0.05, 0.1) is 0 Å². The Kier molecular flexibility index (Phi) is 4.77. The quantitative estimate of drug-likeness (QED) is 0.880. The summed E-state index contributed by atoms with van der Waals surface area (Å²) in [7, 11) is 0. The highest BCUT2D eigenvalue weighted by molar-refractivity contribution is 5.33. The molecular weight excluding hydrogens is 270 g/mol. The smallest absolute Gasteiger partial charge is 0.115 e. The summed E-state index contributed by atoms with van der Waals surface area (Å²) in [5.41, 5.74) is 1.50. The SMILES string of the molecule is C[C@H]1CN(CCC2CCCC2)CC[C@]1(C)c1cccc(O)c1. The van der Waals surface area contributed by atoms with Crippen molar-refractivity contribution in [2.75, 3.05) is 19.6 Å². The van der Waals surface area contributed by atoms with E-state index in [9.17, 15) is 5.11 Å². The molecule has 1 aliphatic heterocycles. The fourth-order valence-corrected chi connectivity index (χ4v) is 4.47. The van der Waals surface area contributed by atoms with Gasteiger partial charge in [-0.2, -0.15) is 0 Å². The van der Waals surface area contributed by atoms with Gasteiger partial charge in [-0.25, -0.2) is 0 Å². The Morgan fingerprint density at radius 3 is 2.73 bits per heavy atom. The molecule has 2 atom stereocenters. The van der Waals surface area contributed by atoms with Crippen LogP contribution >= 0.6 is 0 Å². The monoisotopic (exact) mass is 301 g/mol. The fraction of sp³-hybridized carbons (Fsp3) is 0.700. The molecule has 3 rings (SSSR count). The Hall–Kier alpha value is -1.02. The summed E-state index contributed by atoms with van der Waals surface area (Å²) in [6.07, 6.45) is 8.43. The van der Waals surface area contributed by atoms with Crippen LogP contribution in [0.2, 0.25) is 0 Å². The van der Waals surface area contributed by atoms with E-state index in [1.54, 1.807) is 6.07 Å². The molecule has 0 unspecified atom stereocenters. The molecule has 122 valence electrons. The second kappa shape index (κ2) is 6.62. The number of aromatic hydroxyl groups is 1. The van der Waals surface area contributed by atoms with Gasteiger partial charge in [-0.05, 0) is 60.9 Å². The Labute approximate surface area is 135 Å². The second-order valence-corrected chi connectivity index (χ2v) is 7.86. The molecule has 2 aliphatic rings. The van der Waals surface area contributed by atoms with Crippen molar-refractivity contribution in [3.63, 3.8) is 0 Å². The maximum Gasteiger partial charge on any atom is 0.115 e. The molecule has 1 saturated heterocycles. The van der Waals surface area contributed by atoms with E-state index in [1.165, 1.54) is 63.7 Å². The van der Waals surface area contributed by atoms with Crippen LogP contribution in [0.5, 0.6) is 5.75 Å². The molecule has 1 aromatic rings. The number of rotatable bonds is 4. The third-order valence-corrected chi connectivity index (χ3v) is 6.40. The van der Waals surface area contributed by atoms with Gasteiger partial charge in [-0.1, -0.05) is 51.7 Å². The normalized spacial score (nSPS) is 30.7. The van der Waals surface area contributed by atoms with Gasteiger partial charge < -0.3 is 10.0 Å². The molecule has 1 aliphatic carbocycles. The first-order chi connectivity index (χ1) is 10.6. The molecule has 1 saturated carbocycles. The van der Waals surface area contributed by atoms with Crippen molar-refractivity contribution >= 4 is 0 Å². The Morgan fingerprint density at radius 2 is 2.05 bits per heavy atom. The molecule has 1 heterocycles. The molecule has 0 bridgehead atoms. The molecule has 0 spiro atoms. The van der Waals surface area contributed by atoms with E-state index in [1.807, 2.05) is 12.1 Å². The van der Waals surface area contributed by atoms with Crippen LogP contribution in [-0.2, 0) is 5.41 Å². The van der Waals surface area contributed by atoms with Crippen molar-refractivity contribution in [1.29, 1.82) is 0 Å². The van der Waals surface area contributed by atoms with Crippen molar-refractivity contribution in [3.05, 3.63) is 29.8 Å². The molecule has 0 amide bonds. The van der Waals surface area contributed by atoms with E-state index in [2.05, 4.69) is 24.8 Å². The largest absolute Gasteiger partial charge is 0.508 e. The van der Waals surface area contributed by atoms with Gasteiger partial charge in [0.2, 0.25) is 0 Å². The topological polar surface area (TPSA) is 23.5 Å². The van der Waals surface area contributed by atoms with Crippen LogP contribution < -0.4 is 0 Å². The van der Waals surface area contributed by atoms with Crippen LogP contribution in [0.3, 0.4) is 0 Å². The van der Waals surface area contributed by atoms with E-state index in [0.717, 1.165) is 5.92 Å². The van der Waals surface area contributed by atoms with Crippen molar-refractivity contribution in [1.82, 2.24) is 4.90 Å². The summed E-state index contributed by atoms with van der Waals surface area (Å²) in [6.45, 7) is 8.43. The summed E-state index contributed by atoms with van der Waals surface area (Å²) in [4.78, 5) is 2.67. The summed E-state index contributed by atoms with van der Waals surface area (Å²) >= 11 is 0. The lowest BCUT2D eigenvalue weighted by Crippen LogP contribution is -2.47. The molecular formula is C20H31NO. The van der Waals surface area contributed by atoms with E-state index >= 15 is 0 Å². The molecule has 1 aromatic carbocycles. The molecule has 0 radical (unpaired) electrons. The molecule has 22 heavy (non-hydrogen) atoms. The molecule has 2 heteroatoms. The number of phenolic OH excluding ortho intramolecular Hbond substituents is 1. The minimum Gasteiger partial charge on any atom is -0.508 e. The lowest BCUT2D eigenvalue weighted by molar-refractivity contribution is 0.106. The lowest BCUT2D eigenvalue weighted by atomic mass is 9.68. The minimum atomic E-state index is 0.197. The second-order valence-electron chi connectivity index (χ2n) is 7.86. The van der Waals surface area contributed by atoms with Crippen molar-refractivity contribution in [2.24, 2.45) is 11.8 Å². The van der Waals surface area contributed by atoms with Crippen molar-refractivity contribution in [2.45, 2.75) is 57.8 Å². The van der Waals surface area contributed by atoms with E-state index in [-0.39, 0.29) is 5.41 Å². The highest BCUT2D eigenvalue weighted by Gasteiger charge is 2.38. The van der Waals surface area contributed by atoms with Gasteiger partial charge in [-0.15, -0.1) is 0 Å². The highest BCUT2D eigenvalue weighted by atomic mass is 16.3. The van der Waals surface area contributed by atoms with Gasteiger partial charge in [0.1, 0.15) is 5.75 Å². The van der Waals surface area contributed by atoms with Gasteiger partial charge in [0.15, 0.2) is 0 Å².